The van der Waals surface area contributed by atoms with Gasteiger partial charge in [0.15, 0.2) is 0 Å². The minimum absolute atomic E-state index is 0.116. The van der Waals surface area contributed by atoms with Crippen molar-refractivity contribution in [3.8, 4) is 0 Å². The Labute approximate surface area is 56.1 Å². The Bertz CT molecular complexity index is 81.8. The third kappa shape index (κ3) is 3.78. The van der Waals surface area contributed by atoms with Crippen LogP contribution < -0.4 is 5.32 Å². The molecule has 0 aromatic heterocycles. The van der Waals surface area contributed by atoms with E-state index in [2.05, 4.69) is 11.9 Å². The molecular formula is C4H6INO. The van der Waals surface area contributed by atoms with Crippen LogP contribution in [0.15, 0.2) is 12.7 Å². The van der Waals surface area contributed by atoms with Gasteiger partial charge in [-0.25, -0.2) is 0 Å². The van der Waals surface area contributed by atoms with Gasteiger partial charge < -0.3 is 5.32 Å². The first kappa shape index (κ1) is 6.94. The summed E-state index contributed by atoms with van der Waals surface area (Å²) in [6, 6.07) is 0. The minimum Gasteiger partial charge on any atom is -0.344 e. The van der Waals surface area contributed by atoms with Crippen LogP contribution in [0, 0.1) is 0 Å². The fourth-order valence-electron chi connectivity index (χ4n) is 0.138. The first-order valence-corrected chi connectivity index (χ1v) is 3.30. The molecule has 40 valence electrons. The molecule has 0 saturated heterocycles. The molecule has 0 aliphatic heterocycles. The van der Waals surface area contributed by atoms with Gasteiger partial charge in [-0.15, -0.1) is 0 Å². The lowest BCUT2D eigenvalue weighted by Gasteiger charge is -1.89. The predicted octanol–water partition coefficient (Wildman–Crippen LogP) is 0.681. The lowest BCUT2D eigenvalue weighted by atomic mass is 10.6. The standard InChI is InChI=1S/C4H6INO/c1-2-4(7)6-3-5/h2H,1,3H2,(H,6,7). The lowest BCUT2D eigenvalue weighted by molar-refractivity contribution is -0.116. The van der Waals surface area contributed by atoms with Crippen molar-refractivity contribution in [3.63, 3.8) is 0 Å². The number of carbonyl (C=O) groups is 1. The summed E-state index contributed by atoms with van der Waals surface area (Å²) in [5.74, 6) is -0.116. The number of nitrogens with one attached hydrogen (secondary N) is 1. The van der Waals surface area contributed by atoms with E-state index in [1.54, 1.807) is 0 Å². The van der Waals surface area contributed by atoms with Crippen molar-refractivity contribution in [3.05, 3.63) is 12.7 Å². The molecule has 0 atom stereocenters. The van der Waals surface area contributed by atoms with Gasteiger partial charge in [-0.2, -0.15) is 0 Å². The zero-order valence-electron chi connectivity index (χ0n) is 3.78. The Hall–Kier alpha value is -0.0600. The number of rotatable bonds is 2. The van der Waals surface area contributed by atoms with Crippen molar-refractivity contribution in [1.82, 2.24) is 5.32 Å². The van der Waals surface area contributed by atoms with Crippen LogP contribution in [0.2, 0.25) is 0 Å². The second-order valence-corrected chi connectivity index (χ2v) is 1.64. The maximum Gasteiger partial charge on any atom is 0.243 e. The van der Waals surface area contributed by atoms with Crippen LogP contribution in [0.25, 0.3) is 0 Å². The summed E-state index contributed by atoms with van der Waals surface area (Å²) in [5.41, 5.74) is 0. The molecule has 0 aromatic rings. The molecule has 0 radical (unpaired) electrons. The summed E-state index contributed by atoms with van der Waals surface area (Å²) in [7, 11) is 0. The van der Waals surface area contributed by atoms with Gasteiger partial charge in [-0.3, -0.25) is 4.79 Å². The van der Waals surface area contributed by atoms with E-state index in [4.69, 9.17) is 0 Å². The highest BCUT2D eigenvalue weighted by Gasteiger charge is 1.84. The SMILES string of the molecule is C=CC(=O)NCI. The van der Waals surface area contributed by atoms with E-state index >= 15 is 0 Å². The Kier molecular flexibility index (Phi) is 4.07. The Balaban J connectivity index is 3.17. The number of alkyl halides is 1. The molecule has 0 fully saturated rings. The summed E-state index contributed by atoms with van der Waals surface area (Å²) < 4.78 is 0.641. The smallest absolute Gasteiger partial charge is 0.243 e. The van der Waals surface area contributed by atoms with Gasteiger partial charge in [-0.1, -0.05) is 29.2 Å². The van der Waals surface area contributed by atoms with Crippen LogP contribution in [0.1, 0.15) is 0 Å². The minimum atomic E-state index is -0.116. The molecule has 3 heteroatoms. The highest BCUT2D eigenvalue weighted by atomic mass is 127. The highest BCUT2D eigenvalue weighted by Crippen LogP contribution is 1.73. The number of hydrogen-bond donors (Lipinski definition) is 1. The molecule has 0 aromatic carbocycles. The first-order chi connectivity index (χ1) is 3.31. The van der Waals surface area contributed by atoms with Gasteiger partial charge in [0.25, 0.3) is 0 Å². The molecule has 0 spiro atoms. The van der Waals surface area contributed by atoms with Crippen LogP contribution in [-0.2, 0) is 4.79 Å². The van der Waals surface area contributed by atoms with Crippen LogP contribution in [0.4, 0.5) is 0 Å². The molecular weight excluding hydrogens is 205 g/mol. The molecule has 0 aliphatic rings. The predicted molar refractivity (Wildman–Crippen MR) is 37.2 cm³/mol. The van der Waals surface area contributed by atoms with Crippen molar-refractivity contribution in [1.29, 1.82) is 0 Å². The molecule has 2 nitrogen and oxygen atoms in total. The van der Waals surface area contributed by atoms with E-state index in [9.17, 15) is 4.79 Å². The fraction of sp³-hybridized carbons (Fsp3) is 0.250. The zero-order chi connectivity index (χ0) is 5.70. The second-order valence-electron chi connectivity index (χ2n) is 0.879. The van der Waals surface area contributed by atoms with Gasteiger partial charge in [0, 0.05) is 0 Å². The van der Waals surface area contributed by atoms with E-state index in [1.807, 2.05) is 22.6 Å². The van der Waals surface area contributed by atoms with E-state index in [0.717, 1.165) is 0 Å². The van der Waals surface area contributed by atoms with E-state index < -0.39 is 0 Å². The summed E-state index contributed by atoms with van der Waals surface area (Å²) in [4.78, 5) is 10.2. The topological polar surface area (TPSA) is 29.1 Å². The maximum absolute atomic E-state index is 10.2. The van der Waals surface area contributed by atoms with E-state index in [1.165, 1.54) is 6.08 Å². The average molecular weight is 211 g/mol. The first-order valence-electron chi connectivity index (χ1n) is 1.77. The molecule has 0 rings (SSSR count). The van der Waals surface area contributed by atoms with Gasteiger partial charge in [0.1, 0.15) is 0 Å². The summed E-state index contributed by atoms with van der Waals surface area (Å²) in [6.45, 7) is 3.26. The summed E-state index contributed by atoms with van der Waals surface area (Å²) >= 11 is 2.05. The van der Waals surface area contributed by atoms with Crippen molar-refractivity contribution in [2.24, 2.45) is 0 Å². The summed E-state index contributed by atoms with van der Waals surface area (Å²) in [5, 5.41) is 2.52. The zero-order valence-corrected chi connectivity index (χ0v) is 5.94. The highest BCUT2D eigenvalue weighted by molar-refractivity contribution is 14.1. The van der Waals surface area contributed by atoms with Crippen LogP contribution >= 0.6 is 22.6 Å². The second kappa shape index (κ2) is 4.11. The monoisotopic (exact) mass is 211 g/mol. The van der Waals surface area contributed by atoms with Crippen molar-refractivity contribution in [2.45, 2.75) is 0 Å². The molecule has 7 heavy (non-hydrogen) atoms. The van der Waals surface area contributed by atoms with E-state index in [0.29, 0.717) is 4.55 Å². The van der Waals surface area contributed by atoms with E-state index in [-0.39, 0.29) is 5.91 Å². The molecule has 0 unspecified atom stereocenters. The summed E-state index contributed by atoms with van der Waals surface area (Å²) in [6.07, 6.45) is 1.25. The van der Waals surface area contributed by atoms with Crippen LogP contribution in [0.3, 0.4) is 0 Å². The number of halogens is 1. The number of hydrogen-bond acceptors (Lipinski definition) is 1. The number of carbonyl (C=O) groups excluding carboxylic acids is 1. The van der Waals surface area contributed by atoms with Gasteiger partial charge in [0.2, 0.25) is 5.91 Å². The van der Waals surface area contributed by atoms with Gasteiger partial charge in [-0.05, 0) is 6.08 Å². The van der Waals surface area contributed by atoms with Gasteiger partial charge in [0.05, 0.1) is 4.55 Å². The third-order valence-electron chi connectivity index (χ3n) is 0.426. The molecule has 1 N–H and O–H groups in total. The lowest BCUT2D eigenvalue weighted by Crippen LogP contribution is -2.17. The van der Waals surface area contributed by atoms with Crippen molar-refractivity contribution in [2.75, 3.05) is 4.55 Å². The molecule has 0 bridgehead atoms. The Morgan fingerprint density at radius 1 is 2.00 bits per heavy atom. The average Bonchev–Trinajstić information content (AvgIpc) is 1.68. The number of amides is 1. The normalized spacial score (nSPS) is 7.57. The fourth-order valence-corrected chi connectivity index (χ4v) is 0.514. The van der Waals surface area contributed by atoms with Crippen molar-refractivity contribution < 1.29 is 4.79 Å². The van der Waals surface area contributed by atoms with Crippen LogP contribution in [-0.4, -0.2) is 10.5 Å². The third-order valence-corrected chi connectivity index (χ3v) is 0.808. The molecule has 0 heterocycles. The largest absolute Gasteiger partial charge is 0.344 e. The molecule has 0 saturated carbocycles. The molecule has 1 amide bonds. The maximum atomic E-state index is 10.2. The molecule has 0 aliphatic carbocycles. The Morgan fingerprint density at radius 2 is 2.57 bits per heavy atom. The quantitative estimate of drug-likeness (QED) is 0.309. The van der Waals surface area contributed by atoms with Crippen LogP contribution in [0.5, 0.6) is 0 Å². The van der Waals surface area contributed by atoms with Gasteiger partial charge >= 0.3 is 0 Å². The van der Waals surface area contributed by atoms with Crippen molar-refractivity contribution >= 4 is 28.5 Å². The Morgan fingerprint density at radius 3 is 2.71 bits per heavy atom.